The number of nitrogens with zero attached hydrogens (tertiary/aromatic N) is 3. The van der Waals surface area contributed by atoms with Crippen molar-refractivity contribution >= 4 is 5.91 Å². The van der Waals surface area contributed by atoms with Gasteiger partial charge in [-0.2, -0.15) is 5.10 Å². The van der Waals surface area contributed by atoms with Crippen molar-refractivity contribution in [1.29, 1.82) is 0 Å². The first-order valence-corrected chi connectivity index (χ1v) is 7.57. The van der Waals surface area contributed by atoms with Gasteiger partial charge >= 0.3 is 0 Å². The van der Waals surface area contributed by atoms with Crippen LogP contribution in [-0.4, -0.2) is 32.3 Å². The van der Waals surface area contributed by atoms with Gasteiger partial charge in [0.15, 0.2) is 0 Å². The van der Waals surface area contributed by atoms with Gasteiger partial charge in [0.2, 0.25) is 0 Å². The minimum Gasteiger partial charge on any atom is -0.384 e. The minimum absolute atomic E-state index is 0.114. The average Bonchev–Trinajstić information content (AvgIpc) is 3.15. The van der Waals surface area contributed by atoms with Gasteiger partial charge in [0.05, 0.1) is 12.2 Å². The molecule has 0 fully saturated rings. The van der Waals surface area contributed by atoms with E-state index in [-0.39, 0.29) is 12.5 Å². The molecule has 6 nitrogen and oxygen atoms in total. The van der Waals surface area contributed by atoms with E-state index < -0.39 is 5.60 Å². The molecule has 3 aromatic rings. The minimum atomic E-state index is -1.14. The third kappa shape index (κ3) is 3.49. The van der Waals surface area contributed by atoms with Gasteiger partial charge in [-0.1, -0.05) is 36.4 Å². The Labute approximate surface area is 139 Å². The molecule has 1 unspecified atom stereocenters. The Kier molecular flexibility index (Phi) is 4.39. The van der Waals surface area contributed by atoms with Crippen LogP contribution >= 0.6 is 0 Å². The fourth-order valence-corrected chi connectivity index (χ4v) is 2.38. The number of hydrogen-bond donors (Lipinski definition) is 2. The van der Waals surface area contributed by atoms with Crippen LogP contribution in [0.4, 0.5) is 0 Å². The molecule has 0 bridgehead atoms. The van der Waals surface area contributed by atoms with Gasteiger partial charge in [-0.3, -0.25) is 4.79 Å². The first-order valence-electron chi connectivity index (χ1n) is 7.57. The number of aliphatic hydroxyl groups is 1. The van der Waals surface area contributed by atoms with Crippen LogP contribution in [0.5, 0.6) is 0 Å². The second kappa shape index (κ2) is 6.64. The van der Waals surface area contributed by atoms with E-state index >= 15 is 0 Å². The maximum atomic E-state index is 12.4. The number of carbonyl (C=O) groups excluding carboxylic acids is 1. The van der Waals surface area contributed by atoms with Crippen LogP contribution in [0.3, 0.4) is 0 Å². The molecule has 0 radical (unpaired) electrons. The average molecular weight is 322 g/mol. The van der Waals surface area contributed by atoms with Gasteiger partial charge in [-0.25, -0.2) is 9.67 Å². The zero-order chi connectivity index (χ0) is 17.0. The lowest BCUT2D eigenvalue weighted by molar-refractivity contribution is 0.0526. The molecule has 0 aliphatic heterocycles. The summed E-state index contributed by atoms with van der Waals surface area (Å²) in [6.07, 6.45) is 3.00. The van der Waals surface area contributed by atoms with Crippen molar-refractivity contribution in [3.63, 3.8) is 0 Å². The smallest absolute Gasteiger partial charge is 0.251 e. The molecule has 1 heterocycles. The summed E-state index contributed by atoms with van der Waals surface area (Å²) in [5.74, 6) is -0.256. The fraction of sp³-hybridized carbons (Fsp3) is 0.167. The summed E-state index contributed by atoms with van der Waals surface area (Å²) in [5.41, 5.74) is 0.851. The predicted molar refractivity (Wildman–Crippen MR) is 89.7 cm³/mol. The number of nitrogens with one attached hydrogen (secondary N) is 1. The van der Waals surface area contributed by atoms with Gasteiger partial charge in [0, 0.05) is 5.56 Å². The molecule has 2 aromatic carbocycles. The highest BCUT2D eigenvalue weighted by Gasteiger charge is 2.23. The van der Waals surface area contributed by atoms with E-state index in [1.165, 1.54) is 6.33 Å². The van der Waals surface area contributed by atoms with Crippen LogP contribution in [0, 0.1) is 0 Å². The summed E-state index contributed by atoms with van der Waals surface area (Å²) in [7, 11) is 0. The lowest BCUT2D eigenvalue weighted by Gasteiger charge is -2.24. The molecular formula is C18H18N4O2. The number of carbonyl (C=O) groups is 1. The highest BCUT2D eigenvalue weighted by molar-refractivity contribution is 5.94. The third-order valence-corrected chi connectivity index (χ3v) is 3.78. The maximum Gasteiger partial charge on any atom is 0.251 e. The van der Waals surface area contributed by atoms with E-state index in [9.17, 15) is 9.90 Å². The van der Waals surface area contributed by atoms with E-state index in [1.807, 2.05) is 36.4 Å². The highest BCUT2D eigenvalue weighted by atomic mass is 16.3. The lowest BCUT2D eigenvalue weighted by Crippen LogP contribution is -2.38. The van der Waals surface area contributed by atoms with Crippen molar-refractivity contribution in [2.75, 3.05) is 6.54 Å². The zero-order valence-electron chi connectivity index (χ0n) is 13.3. The Morgan fingerprint density at radius 2 is 2.00 bits per heavy atom. The maximum absolute atomic E-state index is 12.4. The fourth-order valence-electron chi connectivity index (χ4n) is 2.38. The van der Waals surface area contributed by atoms with E-state index in [1.54, 1.807) is 36.1 Å². The van der Waals surface area contributed by atoms with Gasteiger partial charge in [0.1, 0.15) is 18.3 Å². The SMILES string of the molecule is CC(O)(CNC(=O)c1cccc(-n2cncn2)c1)c1ccccc1. The van der Waals surface area contributed by atoms with Crippen molar-refractivity contribution in [2.24, 2.45) is 0 Å². The lowest BCUT2D eigenvalue weighted by atomic mass is 9.96. The Morgan fingerprint density at radius 3 is 2.71 bits per heavy atom. The second-order valence-corrected chi connectivity index (χ2v) is 5.71. The summed E-state index contributed by atoms with van der Waals surface area (Å²) in [4.78, 5) is 16.3. The van der Waals surface area contributed by atoms with Crippen LogP contribution < -0.4 is 5.32 Å². The number of rotatable bonds is 5. The van der Waals surface area contributed by atoms with Crippen LogP contribution in [0.15, 0.2) is 67.3 Å². The largest absolute Gasteiger partial charge is 0.384 e. The van der Waals surface area contributed by atoms with Gasteiger partial charge < -0.3 is 10.4 Å². The molecular weight excluding hydrogens is 304 g/mol. The standard InChI is InChI=1S/C18H18N4O2/c1-18(24,15-7-3-2-4-8-15)11-20-17(23)14-6-5-9-16(10-14)22-13-19-12-21-22/h2-10,12-13,24H,11H2,1H3,(H,20,23). The first-order chi connectivity index (χ1) is 11.6. The number of aromatic nitrogens is 3. The molecule has 0 saturated heterocycles. The van der Waals surface area contributed by atoms with Crippen LogP contribution in [0.1, 0.15) is 22.8 Å². The molecule has 3 rings (SSSR count). The Hall–Kier alpha value is -2.99. The molecule has 6 heteroatoms. The molecule has 0 aliphatic rings. The van der Waals surface area contributed by atoms with Crippen molar-refractivity contribution in [2.45, 2.75) is 12.5 Å². The van der Waals surface area contributed by atoms with Crippen molar-refractivity contribution < 1.29 is 9.90 Å². The Morgan fingerprint density at radius 1 is 1.21 bits per heavy atom. The molecule has 0 spiro atoms. The third-order valence-electron chi connectivity index (χ3n) is 3.78. The molecule has 1 amide bonds. The normalized spacial score (nSPS) is 13.2. The van der Waals surface area contributed by atoms with Crippen LogP contribution in [-0.2, 0) is 5.60 Å². The Balaban J connectivity index is 1.70. The molecule has 1 atom stereocenters. The second-order valence-electron chi connectivity index (χ2n) is 5.71. The first kappa shape index (κ1) is 15.9. The summed E-state index contributed by atoms with van der Waals surface area (Å²) < 4.78 is 1.58. The number of benzene rings is 2. The quantitative estimate of drug-likeness (QED) is 0.752. The van der Waals surface area contributed by atoms with Crippen molar-refractivity contribution in [3.8, 4) is 5.69 Å². The number of hydrogen-bond acceptors (Lipinski definition) is 4. The van der Waals surface area contributed by atoms with E-state index in [0.29, 0.717) is 5.56 Å². The van der Waals surface area contributed by atoms with Gasteiger partial charge in [-0.15, -0.1) is 0 Å². The molecule has 1 aromatic heterocycles. The molecule has 24 heavy (non-hydrogen) atoms. The summed E-state index contributed by atoms with van der Waals surface area (Å²) in [5, 5.41) is 17.4. The zero-order valence-corrected chi connectivity index (χ0v) is 13.3. The Bertz CT molecular complexity index is 814. The molecule has 122 valence electrons. The van der Waals surface area contributed by atoms with E-state index in [4.69, 9.17) is 0 Å². The summed E-state index contributed by atoms with van der Waals surface area (Å²) in [6, 6.07) is 16.3. The van der Waals surface area contributed by atoms with Crippen LogP contribution in [0.2, 0.25) is 0 Å². The van der Waals surface area contributed by atoms with Crippen molar-refractivity contribution in [1.82, 2.24) is 20.1 Å². The molecule has 2 N–H and O–H groups in total. The van der Waals surface area contributed by atoms with Gasteiger partial charge in [0.25, 0.3) is 5.91 Å². The predicted octanol–water partition coefficient (Wildman–Crippen LogP) is 1.90. The molecule has 0 aliphatic carbocycles. The van der Waals surface area contributed by atoms with E-state index in [0.717, 1.165) is 11.3 Å². The monoisotopic (exact) mass is 322 g/mol. The molecule has 0 saturated carbocycles. The van der Waals surface area contributed by atoms with Crippen LogP contribution in [0.25, 0.3) is 5.69 Å². The topological polar surface area (TPSA) is 80.0 Å². The summed E-state index contributed by atoms with van der Waals surface area (Å²) >= 11 is 0. The van der Waals surface area contributed by atoms with Gasteiger partial charge in [-0.05, 0) is 30.7 Å². The summed E-state index contributed by atoms with van der Waals surface area (Å²) in [6.45, 7) is 1.79. The van der Waals surface area contributed by atoms with Crippen molar-refractivity contribution in [3.05, 3.63) is 78.4 Å². The number of amides is 1. The highest BCUT2D eigenvalue weighted by Crippen LogP contribution is 2.19. The van der Waals surface area contributed by atoms with E-state index in [2.05, 4.69) is 15.4 Å².